The van der Waals surface area contributed by atoms with Crippen LogP contribution in [0.2, 0.25) is 0 Å². The standard InChI is InChI=1S/C18H13N3OS/c1-12-7-5-6-10-14(12)16-19-20-18-21(16)17(22)15(23-18)11-13-8-3-2-4-9-13/h2-11H,1H3/b15-11-. The first kappa shape index (κ1) is 13.8. The van der Waals surface area contributed by atoms with E-state index in [-0.39, 0.29) is 5.56 Å². The molecule has 0 saturated carbocycles. The van der Waals surface area contributed by atoms with Gasteiger partial charge in [0.1, 0.15) is 0 Å². The van der Waals surface area contributed by atoms with Crippen LogP contribution in [0.15, 0.2) is 59.4 Å². The van der Waals surface area contributed by atoms with Gasteiger partial charge in [0.05, 0.1) is 4.53 Å². The molecule has 0 N–H and O–H groups in total. The van der Waals surface area contributed by atoms with Gasteiger partial charge in [0.2, 0.25) is 4.96 Å². The third-order valence-electron chi connectivity index (χ3n) is 3.73. The van der Waals surface area contributed by atoms with Crippen LogP contribution in [-0.4, -0.2) is 14.6 Å². The first-order chi connectivity index (χ1) is 11.2. The van der Waals surface area contributed by atoms with Gasteiger partial charge in [-0.05, 0) is 24.1 Å². The van der Waals surface area contributed by atoms with Gasteiger partial charge in [-0.3, -0.25) is 4.79 Å². The maximum absolute atomic E-state index is 12.8. The van der Waals surface area contributed by atoms with Crippen LogP contribution in [0.1, 0.15) is 11.1 Å². The number of thiazole rings is 1. The van der Waals surface area contributed by atoms with Crippen molar-refractivity contribution in [2.24, 2.45) is 0 Å². The van der Waals surface area contributed by atoms with Crippen LogP contribution in [0.3, 0.4) is 0 Å². The van der Waals surface area contributed by atoms with E-state index in [0.717, 1.165) is 16.7 Å². The van der Waals surface area contributed by atoms with Gasteiger partial charge in [-0.2, -0.15) is 0 Å². The molecule has 5 heteroatoms. The fourth-order valence-corrected chi connectivity index (χ4v) is 3.47. The van der Waals surface area contributed by atoms with E-state index in [1.165, 1.54) is 11.3 Å². The summed E-state index contributed by atoms with van der Waals surface area (Å²) in [5, 5.41) is 8.38. The fraction of sp³-hybridized carbons (Fsp3) is 0.0556. The first-order valence-corrected chi connectivity index (χ1v) is 8.06. The topological polar surface area (TPSA) is 47.3 Å². The quantitative estimate of drug-likeness (QED) is 0.571. The molecule has 0 saturated heterocycles. The minimum absolute atomic E-state index is 0.0721. The zero-order chi connectivity index (χ0) is 15.8. The molecule has 0 spiro atoms. The van der Waals surface area contributed by atoms with Crippen molar-refractivity contribution in [1.82, 2.24) is 14.6 Å². The molecular formula is C18H13N3OS. The predicted octanol–water partition coefficient (Wildman–Crippen LogP) is 2.67. The second kappa shape index (κ2) is 5.44. The van der Waals surface area contributed by atoms with Crippen LogP contribution in [0.5, 0.6) is 0 Å². The second-order valence-corrected chi connectivity index (χ2v) is 6.29. The van der Waals surface area contributed by atoms with Crippen LogP contribution in [0.4, 0.5) is 0 Å². The van der Waals surface area contributed by atoms with Crippen molar-refractivity contribution in [3.05, 3.63) is 80.6 Å². The lowest BCUT2D eigenvalue weighted by atomic mass is 10.1. The van der Waals surface area contributed by atoms with E-state index in [0.29, 0.717) is 15.3 Å². The summed E-state index contributed by atoms with van der Waals surface area (Å²) in [5.74, 6) is 0.604. The highest BCUT2D eigenvalue weighted by atomic mass is 32.1. The zero-order valence-electron chi connectivity index (χ0n) is 12.4. The molecule has 112 valence electrons. The Bertz CT molecular complexity index is 1100. The van der Waals surface area contributed by atoms with Crippen molar-refractivity contribution in [2.75, 3.05) is 0 Å². The smallest absolute Gasteiger partial charge is 0.267 e. The van der Waals surface area contributed by atoms with Gasteiger partial charge < -0.3 is 0 Å². The van der Waals surface area contributed by atoms with E-state index in [1.807, 2.05) is 67.6 Å². The van der Waals surface area contributed by atoms with Gasteiger partial charge in [-0.25, -0.2) is 4.40 Å². The summed E-state index contributed by atoms with van der Waals surface area (Å²) < 4.78 is 2.26. The van der Waals surface area contributed by atoms with E-state index in [9.17, 15) is 4.79 Å². The number of nitrogens with zero attached hydrogens (tertiary/aromatic N) is 3. The number of fused-ring (bicyclic) bond motifs is 1. The molecule has 2 heterocycles. The maximum atomic E-state index is 12.8. The van der Waals surface area contributed by atoms with Gasteiger partial charge >= 0.3 is 0 Å². The number of hydrogen-bond acceptors (Lipinski definition) is 4. The average Bonchev–Trinajstić information content (AvgIpc) is 3.10. The third-order valence-corrected chi connectivity index (χ3v) is 4.69. The number of benzene rings is 2. The Morgan fingerprint density at radius 3 is 2.52 bits per heavy atom. The maximum Gasteiger partial charge on any atom is 0.276 e. The SMILES string of the molecule is Cc1ccccc1-c1nnc2s/c(=C\c3ccccc3)c(=O)n12. The highest BCUT2D eigenvalue weighted by Crippen LogP contribution is 2.21. The summed E-state index contributed by atoms with van der Waals surface area (Å²) in [6, 6.07) is 17.7. The molecule has 0 aliphatic heterocycles. The molecule has 2 aromatic heterocycles. The molecule has 4 rings (SSSR count). The monoisotopic (exact) mass is 319 g/mol. The highest BCUT2D eigenvalue weighted by molar-refractivity contribution is 7.15. The summed E-state index contributed by atoms with van der Waals surface area (Å²) >= 11 is 1.36. The fourth-order valence-electron chi connectivity index (χ4n) is 2.56. The van der Waals surface area contributed by atoms with Crippen molar-refractivity contribution in [3.63, 3.8) is 0 Å². The second-order valence-electron chi connectivity index (χ2n) is 5.28. The lowest BCUT2D eigenvalue weighted by Gasteiger charge is -2.00. The number of rotatable bonds is 2. The van der Waals surface area contributed by atoms with Crippen molar-refractivity contribution in [2.45, 2.75) is 6.92 Å². The first-order valence-electron chi connectivity index (χ1n) is 7.25. The van der Waals surface area contributed by atoms with Crippen molar-refractivity contribution in [1.29, 1.82) is 0 Å². The van der Waals surface area contributed by atoms with Crippen molar-refractivity contribution in [3.8, 4) is 11.4 Å². The predicted molar refractivity (Wildman–Crippen MR) is 92.5 cm³/mol. The van der Waals surface area contributed by atoms with E-state index >= 15 is 0 Å². The van der Waals surface area contributed by atoms with Gasteiger partial charge in [0.15, 0.2) is 5.82 Å². The van der Waals surface area contributed by atoms with Crippen molar-refractivity contribution < 1.29 is 0 Å². The Morgan fingerprint density at radius 1 is 1.00 bits per heavy atom. The minimum Gasteiger partial charge on any atom is -0.267 e. The highest BCUT2D eigenvalue weighted by Gasteiger charge is 2.15. The summed E-state index contributed by atoms with van der Waals surface area (Å²) in [6.07, 6.45) is 1.89. The Kier molecular flexibility index (Phi) is 3.28. The summed E-state index contributed by atoms with van der Waals surface area (Å²) in [4.78, 5) is 13.4. The van der Waals surface area contributed by atoms with Crippen LogP contribution in [0, 0.1) is 6.92 Å². The van der Waals surface area contributed by atoms with Gasteiger partial charge in [0.25, 0.3) is 5.56 Å². The molecule has 4 nitrogen and oxygen atoms in total. The van der Waals surface area contributed by atoms with Crippen LogP contribution >= 0.6 is 11.3 Å². The van der Waals surface area contributed by atoms with Crippen LogP contribution in [-0.2, 0) is 0 Å². The lowest BCUT2D eigenvalue weighted by Crippen LogP contribution is -2.23. The van der Waals surface area contributed by atoms with Crippen molar-refractivity contribution >= 4 is 22.4 Å². The molecule has 0 fully saturated rings. The van der Waals surface area contributed by atoms with E-state index < -0.39 is 0 Å². The molecule has 4 aromatic rings. The molecule has 0 bridgehead atoms. The molecule has 0 aliphatic rings. The normalized spacial score (nSPS) is 12.1. The average molecular weight is 319 g/mol. The van der Waals surface area contributed by atoms with Crippen LogP contribution < -0.4 is 10.1 Å². The molecule has 0 atom stereocenters. The van der Waals surface area contributed by atoms with Gasteiger partial charge in [-0.1, -0.05) is 65.9 Å². The molecule has 0 radical (unpaired) electrons. The largest absolute Gasteiger partial charge is 0.276 e. The van der Waals surface area contributed by atoms with E-state index in [2.05, 4.69) is 10.2 Å². The van der Waals surface area contributed by atoms with Gasteiger partial charge in [-0.15, -0.1) is 10.2 Å². The zero-order valence-corrected chi connectivity index (χ0v) is 13.2. The third kappa shape index (κ3) is 2.35. The molecule has 0 unspecified atom stereocenters. The molecule has 2 aromatic carbocycles. The molecule has 23 heavy (non-hydrogen) atoms. The Morgan fingerprint density at radius 2 is 1.74 bits per heavy atom. The number of aromatic nitrogens is 3. The number of aryl methyl sites for hydroxylation is 1. The molecule has 0 amide bonds. The minimum atomic E-state index is -0.0721. The van der Waals surface area contributed by atoms with Gasteiger partial charge in [0, 0.05) is 5.56 Å². The Hall–Kier alpha value is -2.79. The summed E-state index contributed by atoms with van der Waals surface area (Å²) in [7, 11) is 0. The Balaban J connectivity index is 1.96. The van der Waals surface area contributed by atoms with E-state index in [1.54, 1.807) is 4.40 Å². The Labute approximate surface area is 136 Å². The summed E-state index contributed by atoms with van der Waals surface area (Å²) in [6.45, 7) is 2.00. The lowest BCUT2D eigenvalue weighted by molar-refractivity contribution is 1.09. The van der Waals surface area contributed by atoms with E-state index in [4.69, 9.17) is 0 Å². The molecule has 0 aliphatic carbocycles. The summed E-state index contributed by atoms with van der Waals surface area (Å²) in [5.41, 5.74) is 2.93. The van der Waals surface area contributed by atoms with Crippen LogP contribution in [0.25, 0.3) is 22.4 Å². The molecular weight excluding hydrogens is 306 g/mol. The number of hydrogen-bond donors (Lipinski definition) is 0.